The van der Waals surface area contributed by atoms with Crippen LogP contribution < -0.4 is 10.7 Å². The molecule has 0 bridgehead atoms. The van der Waals surface area contributed by atoms with E-state index < -0.39 is 29.6 Å². The van der Waals surface area contributed by atoms with Gasteiger partial charge in [0.05, 0.1) is 12.7 Å². The maximum atomic E-state index is 13.8. The normalized spacial score (nSPS) is 22.2. The van der Waals surface area contributed by atoms with Crippen molar-refractivity contribution in [2.45, 2.75) is 63.6 Å². The number of hydrazine groups is 1. The van der Waals surface area contributed by atoms with Gasteiger partial charge in [0, 0.05) is 23.6 Å². The minimum atomic E-state index is -1.16. The van der Waals surface area contributed by atoms with Crippen molar-refractivity contribution >= 4 is 34.9 Å². The van der Waals surface area contributed by atoms with Crippen molar-refractivity contribution in [1.82, 2.24) is 20.7 Å². The molecule has 2 fully saturated rings. The summed E-state index contributed by atoms with van der Waals surface area (Å²) in [7, 11) is 0. The van der Waals surface area contributed by atoms with Crippen LogP contribution in [0.5, 0.6) is 0 Å². The second-order valence-electron chi connectivity index (χ2n) is 11.6. The van der Waals surface area contributed by atoms with E-state index in [2.05, 4.69) is 26.8 Å². The molecule has 1 aromatic heterocycles. The highest BCUT2D eigenvalue weighted by Crippen LogP contribution is 2.49. The number of carbonyl (C=O) groups is 3. The van der Waals surface area contributed by atoms with E-state index in [-0.39, 0.29) is 36.8 Å². The highest BCUT2D eigenvalue weighted by atomic mass is 32.2. The Morgan fingerprint density at radius 1 is 1.11 bits per heavy atom. The minimum absolute atomic E-state index is 0.0196. The van der Waals surface area contributed by atoms with Crippen molar-refractivity contribution in [3.8, 4) is 6.07 Å². The number of fused-ring (bicyclic) bond motifs is 1. The summed E-state index contributed by atoms with van der Waals surface area (Å²) in [4.78, 5) is 47.9. The van der Waals surface area contributed by atoms with Crippen molar-refractivity contribution in [2.24, 2.45) is 16.8 Å². The minimum Gasteiger partial charge on any atom is -0.464 e. The molecule has 12 heteroatoms. The molecule has 2 aliphatic rings. The fraction of sp³-hybridized carbons (Fsp3) is 0.382. The second-order valence-corrected chi connectivity index (χ2v) is 12.6. The summed E-state index contributed by atoms with van der Waals surface area (Å²) in [5, 5.41) is 15.2. The Hall–Kier alpha value is -4.60. The lowest BCUT2D eigenvalue weighted by Crippen LogP contribution is -2.50. The Kier molecular flexibility index (Phi) is 10.1. The van der Waals surface area contributed by atoms with Crippen LogP contribution in [-0.4, -0.2) is 57.9 Å². The van der Waals surface area contributed by atoms with Crippen LogP contribution in [0.1, 0.15) is 52.5 Å². The lowest BCUT2D eigenvalue weighted by Gasteiger charge is -2.30. The number of carbonyl (C=O) groups excluding carboxylic acids is 3. The van der Waals surface area contributed by atoms with E-state index in [0.29, 0.717) is 18.5 Å². The van der Waals surface area contributed by atoms with Crippen molar-refractivity contribution in [3.05, 3.63) is 88.7 Å². The highest BCUT2D eigenvalue weighted by molar-refractivity contribution is 8.13. The molecule has 11 nitrogen and oxygen atoms in total. The first-order chi connectivity index (χ1) is 22.2. The van der Waals surface area contributed by atoms with Gasteiger partial charge in [0.2, 0.25) is 0 Å². The Balaban J connectivity index is 1.51. The van der Waals surface area contributed by atoms with E-state index in [1.807, 2.05) is 63.2 Å². The number of hydrogen-bond donors (Lipinski definition) is 3. The van der Waals surface area contributed by atoms with E-state index in [1.165, 1.54) is 16.8 Å². The molecule has 2 heterocycles. The van der Waals surface area contributed by atoms with Gasteiger partial charge in [-0.3, -0.25) is 9.80 Å². The summed E-state index contributed by atoms with van der Waals surface area (Å²) in [6.07, 6.45) is 1.84. The number of aryl methyl sites for hydroxylation is 3. The standard InChI is InChI=1S/C34H38N6O5S/c1-5-44-31(42)28-27-25(18-37-30(41)26-12-9-15-36-26)13-14-34(27,20-35)39-40(28)32(46-29-22(3)16-21(2)17-23(29)4)38-33(43)45-19-24-10-7-6-8-11-24/h6-12,15-17,25,27-28,36,39H,5,13-14,18-19H2,1-4H3,(H,37,41)/b38-32+/t25-,27?,28-,34-/m0/s1. The largest absolute Gasteiger partial charge is 0.464 e. The number of aromatic nitrogens is 1. The molecule has 3 aromatic rings. The number of rotatable bonds is 8. The number of amides is 2. The van der Waals surface area contributed by atoms with Gasteiger partial charge in [0.1, 0.15) is 17.8 Å². The molecular formula is C34H38N6O5S. The number of amidine groups is 1. The molecular weight excluding hydrogens is 604 g/mol. The molecule has 5 rings (SSSR count). The number of aromatic amines is 1. The van der Waals surface area contributed by atoms with Crippen LogP contribution >= 0.6 is 11.8 Å². The summed E-state index contributed by atoms with van der Waals surface area (Å²) in [6.45, 7) is 8.06. The van der Waals surface area contributed by atoms with Crippen LogP contribution in [0.25, 0.3) is 0 Å². The van der Waals surface area contributed by atoms with Gasteiger partial charge in [0.15, 0.2) is 11.2 Å². The summed E-state index contributed by atoms with van der Waals surface area (Å²) < 4.78 is 11.1. The van der Waals surface area contributed by atoms with Crippen molar-refractivity contribution in [1.29, 1.82) is 5.26 Å². The van der Waals surface area contributed by atoms with E-state index in [1.54, 1.807) is 25.3 Å². The molecule has 1 aliphatic carbocycles. The molecule has 1 aliphatic heterocycles. The number of aliphatic imine (C=N–C) groups is 1. The van der Waals surface area contributed by atoms with Gasteiger partial charge in [-0.25, -0.2) is 15.0 Å². The molecule has 2 amide bonds. The molecule has 1 saturated carbocycles. The number of benzene rings is 2. The van der Waals surface area contributed by atoms with E-state index in [9.17, 15) is 19.6 Å². The molecule has 1 saturated heterocycles. The van der Waals surface area contributed by atoms with E-state index in [4.69, 9.17) is 9.47 Å². The first kappa shape index (κ1) is 32.8. The Bertz CT molecular complexity index is 1630. The van der Waals surface area contributed by atoms with Crippen molar-refractivity contribution in [3.63, 3.8) is 0 Å². The van der Waals surface area contributed by atoms with Gasteiger partial charge in [-0.05, 0) is 87.0 Å². The van der Waals surface area contributed by atoms with Crippen LogP contribution in [0.2, 0.25) is 0 Å². The van der Waals surface area contributed by atoms with Crippen LogP contribution in [0, 0.1) is 43.9 Å². The topological polar surface area (TPSA) is 149 Å². The van der Waals surface area contributed by atoms with E-state index in [0.717, 1.165) is 27.1 Å². The number of H-pyrrole nitrogens is 1. The monoisotopic (exact) mass is 642 g/mol. The first-order valence-corrected chi connectivity index (χ1v) is 16.1. The van der Waals surface area contributed by atoms with Gasteiger partial charge in [-0.2, -0.15) is 5.26 Å². The Labute approximate surface area is 272 Å². The Morgan fingerprint density at radius 2 is 1.85 bits per heavy atom. The maximum Gasteiger partial charge on any atom is 0.436 e. The number of ether oxygens (including phenoxy) is 2. The van der Waals surface area contributed by atoms with Gasteiger partial charge in [-0.1, -0.05) is 48.0 Å². The zero-order valence-corrected chi connectivity index (χ0v) is 27.1. The van der Waals surface area contributed by atoms with Crippen molar-refractivity contribution in [2.75, 3.05) is 13.2 Å². The zero-order valence-electron chi connectivity index (χ0n) is 26.3. The van der Waals surface area contributed by atoms with Crippen LogP contribution in [-0.2, 0) is 20.9 Å². The van der Waals surface area contributed by atoms with Crippen molar-refractivity contribution < 1.29 is 23.9 Å². The van der Waals surface area contributed by atoms with Crippen LogP contribution in [0.3, 0.4) is 0 Å². The third-order valence-corrected chi connectivity index (χ3v) is 9.73. The third-order valence-electron chi connectivity index (χ3n) is 8.42. The number of nitriles is 1. The quantitative estimate of drug-likeness (QED) is 0.131. The third kappa shape index (κ3) is 6.95. The highest BCUT2D eigenvalue weighted by Gasteiger charge is 2.63. The molecule has 3 N–H and O–H groups in total. The smallest absolute Gasteiger partial charge is 0.436 e. The number of nitrogens with one attached hydrogen (secondary N) is 3. The summed E-state index contributed by atoms with van der Waals surface area (Å²) in [5.74, 6) is -1.65. The lowest BCUT2D eigenvalue weighted by molar-refractivity contribution is -0.149. The summed E-state index contributed by atoms with van der Waals surface area (Å²) in [5.41, 5.74) is 6.39. The lowest BCUT2D eigenvalue weighted by atomic mass is 9.80. The average Bonchev–Trinajstić information content (AvgIpc) is 3.77. The number of thioether (sulfide) groups is 1. The molecule has 1 unspecified atom stereocenters. The van der Waals surface area contributed by atoms with Gasteiger partial charge >= 0.3 is 12.1 Å². The summed E-state index contributed by atoms with van der Waals surface area (Å²) >= 11 is 1.22. The fourth-order valence-corrected chi connectivity index (χ4v) is 7.46. The number of nitrogens with zero attached hydrogens (tertiary/aromatic N) is 3. The van der Waals surface area contributed by atoms with Crippen LogP contribution in [0.15, 0.2) is 70.7 Å². The first-order valence-electron chi connectivity index (χ1n) is 15.3. The Morgan fingerprint density at radius 3 is 2.50 bits per heavy atom. The molecule has 4 atom stereocenters. The van der Waals surface area contributed by atoms with Gasteiger partial charge < -0.3 is 19.8 Å². The molecule has 46 heavy (non-hydrogen) atoms. The van der Waals surface area contributed by atoms with Gasteiger partial charge in [0.25, 0.3) is 5.91 Å². The molecule has 0 radical (unpaired) electrons. The fourth-order valence-electron chi connectivity index (χ4n) is 6.46. The SMILES string of the molecule is CCOC(=O)[C@@H]1C2[C@H](CNC(=O)c3ccc[nH]3)CC[C@@]2(C#N)NN1/C(=N\C(=O)OCc1ccccc1)Sc1c(C)cc(C)cc1C. The van der Waals surface area contributed by atoms with E-state index >= 15 is 0 Å². The average molecular weight is 643 g/mol. The van der Waals surface area contributed by atoms with Crippen LogP contribution in [0.4, 0.5) is 4.79 Å². The molecule has 2 aromatic carbocycles. The summed E-state index contributed by atoms with van der Waals surface area (Å²) in [6, 6.07) is 18.2. The maximum absolute atomic E-state index is 13.8. The molecule has 0 spiro atoms. The molecule has 240 valence electrons. The van der Waals surface area contributed by atoms with Gasteiger partial charge in [-0.15, -0.1) is 4.99 Å². The predicted octanol–water partition coefficient (Wildman–Crippen LogP) is 5.20. The predicted molar refractivity (Wildman–Crippen MR) is 174 cm³/mol. The number of esters is 1. The number of hydrogen-bond acceptors (Lipinski definition) is 8. The second kappa shape index (κ2) is 14.2. The zero-order chi connectivity index (χ0) is 32.8.